The zero-order chi connectivity index (χ0) is 17.3. The molecule has 0 aliphatic heterocycles. The van der Waals surface area contributed by atoms with Crippen molar-refractivity contribution in [3.05, 3.63) is 23.8 Å². The summed E-state index contributed by atoms with van der Waals surface area (Å²) >= 11 is 0. The van der Waals surface area contributed by atoms with Crippen LogP contribution in [0, 0.1) is 29.1 Å². The fraction of sp³-hybridized carbons (Fsp3) is 0.714. The second-order valence-corrected chi connectivity index (χ2v) is 8.88. The summed E-state index contributed by atoms with van der Waals surface area (Å²) in [5.74, 6) is 2.11. The molecule has 0 bridgehead atoms. The van der Waals surface area contributed by atoms with Crippen LogP contribution < -0.4 is 0 Å². The molecule has 0 aromatic carbocycles. The predicted octanol–water partition coefficient (Wildman–Crippen LogP) is 3.61. The molecular formula is C21H28O3. The molecule has 1 N–H and O–H groups in total. The van der Waals surface area contributed by atoms with Gasteiger partial charge in [0.15, 0.2) is 11.6 Å². The third-order valence-electron chi connectivity index (χ3n) is 8.12. The van der Waals surface area contributed by atoms with E-state index in [1.165, 1.54) is 5.57 Å². The molecule has 4 aliphatic rings. The van der Waals surface area contributed by atoms with Gasteiger partial charge in [-0.3, -0.25) is 9.59 Å². The fourth-order valence-corrected chi connectivity index (χ4v) is 6.72. The molecular weight excluding hydrogens is 300 g/mol. The van der Waals surface area contributed by atoms with Crippen LogP contribution in [0.15, 0.2) is 23.8 Å². The van der Waals surface area contributed by atoms with Gasteiger partial charge in [0.05, 0.1) is 0 Å². The van der Waals surface area contributed by atoms with Crippen LogP contribution in [0.5, 0.6) is 0 Å². The van der Waals surface area contributed by atoms with Crippen LogP contribution in [-0.2, 0) is 9.59 Å². The Bertz CT molecular complexity index is 660. The van der Waals surface area contributed by atoms with Crippen molar-refractivity contribution in [1.82, 2.24) is 0 Å². The number of carbonyl (C=O) groups is 2. The van der Waals surface area contributed by atoms with Crippen LogP contribution in [0.25, 0.3) is 0 Å². The molecule has 6 atom stereocenters. The van der Waals surface area contributed by atoms with Gasteiger partial charge < -0.3 is 5.11 Å². The second kappa shape index (κ2) is 5.14. The Morgan fingerprint density at radius 1 is 1.25 bits per heavy atom. The molecule has 4 rings (SSSR count). The lowest BCUT2D eigenvalue weighted by Gasteiger charge is -2.55. The van der Waals surface area contributed by atoms with Gasteiger partial charge in [-0.25, -0.2) is 0 Å². The lowest BCUT2D eigenvalue weighted by atomic mass is 9.50. The Morgan fingerprint density at radius 3 is 2.71 bits per heavy atom. The summed E-state index contributed by atoms with van der Waals surface area (Å²) in [6.45, 7) is 7.67. The number of ketones is 2. The fourth-order valence-electron chi connectivity index (χ4n) is 6.72. The van der Waals surface area contributed by atoms with Gasteiger partial charge in [-0.2, -0.15) is 0 Å². The molecule has 0 radical (unpaired) electrons. The highest BCUT2D eigenvalue weighted by Gasteiger charge is 2.64. The molecule has 0 unspecified atom stereocenters. The molecule has 0 saturated heterocycles. The SMILES string of the molecule is C=C1C[C@H]2C(=CC1=O)CC[C@@H]1[C@@H]2CC[C@@]2(C)[C@H]1CC[C@]2(O)C(C)=O. The number of hydrogen-bond donors (Lipinski definition) is 1. The van der Waals surface area contributed by atoms with Gasteiger partial charge >= 0.3 is 0 Å². The van der Waals surface area contributed by atoms with Crippen molar-refractivity contribution in [2.45, 2.75) is 64.4 Å². The normalized spacial score (nSPS) is 47.5. The molecule has 130 valence electrons. The van der Waals surface area contributed by atoms with E-state index in [1.54, 1.807) is 6.92 Å². The number of carbonyl (C=O) groups excluding carboxylic acids is 2. The number of fused-ring (bicyclic) bond motifs is 5. The number of aliphatic hydroxyl groups is 1. The largest absolute Gasteiger partial charge is 0.382 e. The highest BCUT2D eigenvalue weighted by atomic mass is 16.3. The van der Waals surface area contributed by atoms with Crippen LogP contribution in [0.3, 0.4) is 0 Å². The summed E-state index contributed by atoms with van der Waals surface area (Å²) in [6, 6.07) is 0. The Morgan fingerprint density at radius 2 is 2.00 bits per heavy atom. The average Bonchev–Trinajstić information content (AvgIpc) is 2.81. The highest BCUT2D eigenvalue weighted by Crippen LogP contribution is 2.65. The zero-order valence-corrected chi connectivity index (χ0v) is 14.8. The summed E-state index contributed by atoms with van der Waals surface area (Å²) in [4.78, 5) is 24.1. The molecule has 3 fully saturated rings. The summed E-state index contributed by atoms with van der Waals surface area (Å²) < 4.78 is 0. The Kier molecular flexibility index (Phi) is 3.48. The summed E-state index contributed by atoms with van der Waals surface area (Å²) in [6.07, 6.45) is 8.30. The molecule has 0 spiro atoms. The average molecular weight is 328 g/mol. The van der Waals surface area contributed by atoms with E-state index in [0.717, 1.165) is 44.1 Å². The van der Waals surface area contributed by atoms with Crippen LogP contribution in [0.1, 0.15) is 58.8 Å². The standard InChI is InChI=1S/C21H28O3/c1-12-10-17-14(11-19(12)23)4-5-16-15(17)6-8-20(3)18(16)7-9-21(20,24)13(2)22/h11,15-18,24H,1,4-10H2,2-3H3/t15-,16+,17-,18-,20-,21-/m0/s1. The maximum atomic E-state index is 12.2. The molecule has 24 heavy (non-hydrogen) atoms. The third-order valence-corrected chi connectivity index (χ3v) is 8.12. The number of rotatable bonds is 1. The van der Waals surface area contributed by atoms with Crippen LogP contribution in [-0.4, -0.2) is 22.3 Å². The number of Topliss-reactive ketones (excluding diaryl/α,β-unsaturated/α-hetero) is 1. The molecule has 0 heterocycles. The highest BCUT2D eigenvalue weighted by molar-refractivity contribution is 6.05. The third kappa shape index (κ3) is 1.94. The minimum absolute atomic E-state index is 0.0565. The zero-order valence-electron chi connectivity index (χ0n) is 14.8. The van der Waals surface area contributed by atoms with Gasteiger partial charge in [-0.05, 0) is 87.2 Å². The van der Waals surface area contributed by atoms with E-state index >= 15 is 0 Å². The first-order chi connectivity index (χ1) is 11.3. The van der Waals surface area contributed by atoms with E-state index in [-0.39, 0.29) is 17.0 Å². The van der Waals surface area contributed by atoms with E-state index in [2.05, 4.69) is 13.5 Å². The Balaban J connectivity index is 1.66. The van der Waals surface area contributed by atoms with Gasteiger partial charge in [0.1, 0.15) is 5.60 Å². The molecule has 3 heteroatoms. The molecule has 3 saturated carbocycles. The minimum atomic E-state index is -1.13. The van der Waals surface area contributed by atoms with Crippen molar-refractivity contribution >= 4 is 11.6 Å². The van der Waals surface area contributed by atoms with Crippen molar-refractivity contribution in [3.8, 4) is 0 Å². The van der Waals surface area contributed by atoms with E-state index < -0.39 is 5.60 Å². The Hall–Kier alpha value is -1.22. The topological polar surface area (TPSA) is 54.4 Å². The van der Waals surface area contributed by atoms with Crippen LogP contribution >= 0.6 is 0 Å². The first kappa shape index (κ1) is 16.3. The first-order valence-electron chi connectivity index (χ1n) is 9.44. The predicted molar refractivity (Wildman–Crippen MR) is 92.2 cm³/mol. The summed E-state index contributed by atoms with van der Waals surface area (Å²) in [7, 11) is 0. The number of hydrogen-bond acceptors (Lipinski definition) is 3. The van der Waals surface area contributed by atoms with Crippen molar-refractivity contribution in [2.75, 3.05) is 0 Å². The first-order valence-corrected chi connectivity index (χ1v) is 9.44. The van der Waals surface area contributed by atoms with Gasteiger partial charge in [-0.1, -0.05) is 19.1 Å². The van der Waals surface area contributed by atoms with E-state index in [4.69, 9.17) is 0 Å². The smallest absolute Gasteiger partial charge is 0.181 e. The lowest BCUT2D eigenvalue weighted by molar-refractivity contribution is -0.157. The van der Waals surface area contributed by atoms with Crippen molar-refractivity contribution in [3.63, 3.8) is 0 Å². The monoisotopic (exact) mass is 328 g/mol. The summed E-state index contributed by atoms with van der Waals surface area (Å²) in [5.41, 5.74) is 0.676. The molecule has 0 aromatic rings. The lowest BCUT2D eigenvalue weighted by Crippen LogP contribution is -2.55. The van der Waals surface area contributed by atoms with E-state index in [1.807, 2.05) is 6.08 Å². The van der Waals surface area contributed by atoms with Crippen molar-refractivity contribution in [1.29, 1.82) is 0 Å². The Labute approximate surface area is 144 Å². The second-order valence-electron chi connectivity index (χ2n) is 8.88. The maximum absolute atomic E-state index is 12.2. The molecule has 0 amide bonds. The van der Waals surface area contributed by atoms with Gasteiger partial charge in [-0.15, -0.1) is 0 Å². The minimum Gasteiger partial charge on any atom is -0.382 e. The van der Waals surface area contributed by atoms with E-state index in [9.17, 15) is 14.7 Å². The van der Waals surface area contributed by atoms with Gasteiger partial charge in [0.25, 0.3) is 0 Å². The number of allylic oxidation sites excluding steroid dienone is 2. The van der Waals surface area contributed by atoms with Crippen LogP contribution in [0.4, 0.5) is 0 Å². The van der Waals surface area contributed by atoms with Crippen molar-refractivity contribution in [2.24, 2.45) is 29.1 Å². The molecule has 4 aliphatic carbocycles. The quantitative estimate of drug-likeness (QED) is 0.748. The summed E-state index contributed by atoms with van der Waals surface area (Å²) in [5, 5.41) is 11.1. The van der Waals surface area contributed by atoms with Gasteiger partial charge in [0, 0.05) is 5.41 Å². The maximum Gasteiger partial charge on any atom is 0.181 e. The molecule has 3 nitrogen and oxygen atoms in total. The van der Waals surface area contributed by atoms with Crippen LogP contribution in [0.2, 0.25) is 0 Å². The molecule has 0 aromatic heterocycles. The van der Waals surface area contributed by atoms with Gasteiger partial charge in [0.2, 0.25) is 0 Å². The van der Waals surface area contributed by atoms with Crippen molar-refractivity contribution < 1.29 is 14.7 Å². The van der Waals surface area contributed by atoms with E-state index in [0.29, 0.717) is 30.1 Å².